The van der Waals surface area contributed by atoms with Crippen molar-refractivity contribution < 1.29 is 18.6 Å². The Kier molecular flexibility index (Phi) is 2.98. The second-order valence-electron chi connectivity index (χ2n) is 3.77. The fourth-order valence-electron chi connectivity index (χ4n) is 1.80. The van der Waals surface area contributed by atoms with Crippen molar-refractivity contribution in [1.82, 2.24) is 0 Å². The SMILES string of the molecule is OC[C@@H]1CO[C@@H](c2ccc(F)cc2F)C1. The van der Waals surface area contributed by atoms with Gasteiger partial charge in [-0.1, -0.05) is 6.07 Å². The van der Waals surface area contributed by atoms with Gasteiger partial charge in [-0.2, -0.15) is 0 Å². The Balaban J connectivity index is 2.17. The minimum atomic E-state index is -0.590. The first kappa shape index (κ1) is 10.5. The third kappa shape index (κ3) is 2.16. The molecule has 0 bridgehead atoms. The van der Waals surface area contributed by atoms with Crippen molar-refractivity contribution in [3.63, 3.8) is 0 Å². The molecule has 2 rings (SSSR count). The summed E-state index contributed by atoms with van der Waals surface area (Å²) in [5, 5.41) is 8.91. The Morgan fingerprint density at radius 1 is 1.40 bits per heavy atom. The fraction of sp³-hybridized carbons (Fsp3) is 0.455. The van der Waals surface area contributed by atoms with Gasteiger partial charge in [-0.15, -0.1) is 0 Å². The molecule has 82 valence electrons. The van der Waals surface area contributed by atoms with Gasteiger partial charge in [0.25, 0.3) is 0 Å². The van der Waals surface area contributed by atoms with Gasteiger partial charge in [0.2, 0.25) is 0 Å². The van der Waals surface area contributed by atoms with Crippen molar-refractivity contribution in [1.29, 1.82) is 0 Å². The number of aliphatic hydroxyl groups excluding tert-OH is 1. The molecule has 0 spiro atoms. The summed E-state index contributed by atoms with van der Waals surface area (Å²) in [5.41, 5.74) is 0.368. The van der Waals surface area contributed by atoms with Gasteiger partial charge in [0, 0.05) is 24.2 Å². The van der Waals surface area contributed by atoms with E-state index in [-0.39, 0.29) is 18.6 Å². The fourth-order valence-corrected chi connectivity index (χ4v) is 1.80. The third-order valence-corrected chi connectivity index (χ3v) is 2.65. The van der Waals surface area contributed by atoms with Crippen LogP contribution in [0.2, 0.25) is 0 Å². The van der Waals surface area contributed by atoms with Gasteiger partial charge in [0.1, 0.15) is 11.6 Å². The second-order valence-corrected chi connectivity index (χ2v) is 3.77. The standard InChI is InChI=1S/C11H12F2O2/c12-8-1-2-9(10(13)4-8)11-3-7(5-14)6-15-11/h1-2,4,7,11,14H,3,5-6H2/t7-,11-/m1/s1. The maximum Gasteiger partial charge on any atom is 0.131 e. The smallest absolute Gasteiger partial charge is 0.131 e. The first-order valence-electron chi connectivity index (χ1n) is 4.88. The van der Waals surface area contributed by atoms with E-state index in [0.29, 0.717) is 18.6 Å². The van der Waals surface area contributed by atoms with E-state index in [4.69, 9.17) is 9.84 Å². The molecule has 2 nitrogen and oxygen atoms in total. The lowest BCUT2D eigenvalue weighted by molar-refractivity contribution is 0.0990. The van der Waals surface area contributed by atoms with Crippen molar-refractivity contribution in [3.05, 3.63) is 35.4 Å². The van der Waals surface area contributed by atoms with Crippen LogP contribution in [0, 0.1) is 17.6 Å². The summed E-state index contributed by atoms with van der Waals surface area (Å²) in [6, 6.07) is 3.47. The summed E-state index contributed by atoms with van der Waals surface area (Å²) in [6.45, 7) is 0.470. The molecule has 0 amide bonds. The summed E-state index contributed by atoms with van der Waals surface area (Å²) in [6.07, 6.45) is 0.224. The molecule has 0 unspecified atom stereocenters. The van der Waals surface area contributed by atoms with Crippen LogP contribution in [0.4, 0.5) is 8.78 Å². The zero-order valence-corrected chi connectivity index (χ0v) is 8.12. The summed E-state index contributed by atoms with van der Waals surface area (Å²) in [5.74, 6) is -1.12. The summed E-state index contributed by atoms with van der Waals surface area (Å²) in [4.78, 5) is 0. The van der Waals surface area contributed by atoms with Crippen LogP contribution in [0.15, 0.2) is 18.2 Å². The molecule has 0 radical (unpaired) electrons. The van der Waals surface area contributed by atoms with Crippen molar-refractivity contribution in [2.24, 2.45) is 5.92 Å². The Bertz CT molecular complexity index is 354. The monoisotopic (exact) mass is 214 g/mol. The number of ether oxygens (including phenoxy) is 1. The molecule has 0 saturated carbocycles. The molecule has 1 aliphatic rings. The summed E-state index contributed by atoms with van der Waals surface area (Å²) >= 11 is 0. The predicted molar refractivity (Wildman–Crippen MR) is 50.2 cm³/mol. The highest BCUT2D eigenvalue weighted by Crippen LogP contribution is 2.33. The Hall–Kier alpha value is -1.00. The molecule has 1 fully saturated rings. The zero-order valence-electron chi connectivity index (χ0n) is 8.12. The molecule has 1 heterocycles. The molecular formula is C11H12F2O2. The molecule has 1 aromatic carbocycles. The van der Waals surface area contributed by atoms with Crippen LogP contribution in [0.5, 0.6) is 0 Å². The molecule has 2 atom stereocenters. The Morgan fingerprint density at radius 3 is 2.80 bits per heavy atom. The van der Waals surface area contributed by atoms with E-state index in [1.54, 1.807) is 0 Å². The number of rotatable bonds is 2. The highest BCUT2D eigenvalue weighted by Gasteiger charge is 2.28. The van der Waals surface area contributed by atoms with Crippen LogP contribution in [-0.2, 0) is 4.74 Å². The largest absolute Gasteiger partial charge is 0.396 e. The first-order valence-corrected chi connectivity index (χ1v) is 4.88. The molecule has 1 N–H and O–H groups in total. The third-order valence-electron chi connectivity index (χ3n) is 2.65. The summed E-state index contributed by atoms with van der Waals surface area (Å²) in [7, 11) is 0. The lowest BCUT2D eigenvalue weighted by Gasteiger charge is -2.10. The van der Waals surface area contributed by atoms with Gasteiger partial charge in [-0.05, 0) is 12.5 Å². The van der Waals surface area contributed by atoms with Crippen LogP contribution >= 0.6 is 0 Å². The molecule has 1 saturated heterocycles. The van der Waals surface area contributed by atoms with Crippen molar-refractivity contribution in [2.75, 3.05) is 13.2 Å². The lowest BCUT2D eigenvalue weighted by Crippen LogP contribution is -2.04. The van der Waals surface area contributed by atoms with Crippen LogP contribution in [0.1, 0.15) is 18.1 Å². The van der Waals surface area contributed by atoms with E-state index in [2.05, 4.69) is 0 Å². The predicted octanol–water partition coefficient (Wildman–Crippen LogP) is 2.03. The van der Waals surface area contributed by atoms with Gasteiger partial charge in [-0.25, -0.2) is 8.78 Å². The van der Waals surface area contributed by atoms with Crippen LogP contribution in [0.25, 0.3) is 0 Å². The van der Waals surface area contributed by atoms with Crippen LogP contribution < -0.4 is 0 Å². The van der Waals surface area contributed by atoms with Crippen molar-refractivity contribution in [2.45, 2.75) is 12.5 Å². The van der Waals surface area contributed by atoms with Gasteiger partial charge in [-0.3, -0.25) is 0 Å². The van der Waals surface area contributed by atoms with Gasteiger partial charge < -0.3 is 9.84 Å². The number of hydrogen-bond acceptors (Lipinski definition) is 2. The molecule has 4 heteroatoms. The Labute approximate surface area is 86.5 Å². The maximum absolute atomic E-state index is 13.4. The first-order chi connectivity index (χ1) is 7.20. The highest BCUT2D eigenvalue weighted by atomic mass is 19.1. The second kappa shape index (κ2) is 4.24. The van der Waals surface area contributed by atoms with E-state index in [9.17, 15) is 8.78 Å². The van der Waals surface area contributed by atoms with Crippen molar-refractivity contribution >= 4 is 0 Å². The van der Waals surface area contributed by atoms with Gasteiger partial charge >= 0.3 is 0 Å². The molecule has 1 aromatic rings. The van der Waals surface area contributed by atoms with Gasteiger partial charge in [0.05, 0.1) is 12.7 Å². The van der Waals surface area contributed by atoms with Crippen molar-refractivity contribution in [3.8, 4) is 0 Å². The van der Waals surface area contributed by atoms with E-state index in [1.807, 2.05) is 0 Å². The molecule has 1 aliphatic heterocycles. The Morgan fingerprint density at radius 2 is 2.20 bits per heavy atom. The number of hydrogen-bond donors (Lipinski definition) is 1. The minimum absolute atomic E-state index is 0.0410. The average Bonchev–Trinajstić information content (AvgIpc) is 2.66. The normalized spacial score (nSPS) is 25.8. The highest BCUT2D eigenvalue weighted by molar-refractivity contribution is 5.21. The lowest BCUT2D eigenvalue weighted by atomic mass is 10.0. The van der Waals surface area contributed by atoms with E-state index < -0.39 is 11.6 Å². The number of aliphatic hydroxyl groups is 1. The quantitative estimate of drug-likeness (QED) is 0.816. The van der Waals surface area contributed by atoms with Crippen LogP contribution in [-0.4, -0.2) is 18.3 Å². The van der Waals surface area contributed by atoms with Gasteiger partial charge in [0.15, 0.2) is 0 Å². The number of halogens is 2. The van der Waals surface area contributed by atoms with E-state index in [0.717, 1.165) is 6.07 Å². The average molecular weight is 214 g/mol. The van der Waals surface area contributed by atoms with E-state index >= 15 is 0 Å². The molecule has 15 heavy (non-hydrogen) atoms. The zero-order chi connectivity index (χ0) is 10.8. The van der Waals surface area contributed by atoms with Crippen LogP contribution in [0.3, 0.4) is 0 Å². The maximum atomic E-state index is 13.4. The van der Waals surface area contributed by atoms with E-state index in [1.165, 1.54) is 12.1 Å². The molecule has 0 aromatic heterocycles. The number of benzene rings is 1. The molecular weight excluding hydrogens is 202 g/mol. The minimum Gasteiger partial charge on any atom is -0.396 e. The molecule has 0 aliphatic carbocycles. The topological polar surface area (TPSA) is 29.5 Å². The summed E-state index contributed by atoms with van der Waals surface area (Å²) < 4.78 is 31.3.